The Balaban J connectivity index is 1.87. The smallest absolute Gasteiger partial charge is 0.270 e. The van der Waals surface area contributed by atoms with Gasteiger partial charge in [-0.2, -0.15) is 5.26 Å². The summed E-state index contributed by atoms with van der Waals surface area (Å²) in [6.45, 7) is 6.99. The second-order valence-corrected chi connectivity index (χ2v) is 7.26. The van der Waals surface area contributed by atoms with Crippen molar-refractivity contribution in [2.24, 2.45) is 7.05 Å². The maximum atomic E-state index is 12.5. The quantitative estimate of drug-likeness (QED) is 0.859. The Hall–Kier alpha value is -3.11. The molecule has 1 amide bonds. The van der Waals surface area contributed by atoms with E-state index in [9.17, 15) is 14.9 Å². The molecule has 0 radical (unpaired) electrons. The van der Waals surface area contributed by atoms with Crippen LogP contribution in [-0.2, 0) is 7.05 Å². The van der Waals surface area contributed by atoms with Crippen LogP contribution < -0.4 is 21.4 Å². The van der Waals surface area contributed by atoms with Crippen molar-refractivity contribution in [3.8, 4) is 6.07 Å². The summed E-state index contributed by atoms with van der Waals surface area (Å²) in [7, 11) is 1.63. The Morgan fingerprint density at radius 2 is 2.22 bits per heavy atom. The first-order valence-corrected chi connectivity index (χ1v) is 9.40. The molecule has 1 N–H and O–H groups in total. The van der Waals surface area contributed by atoms with Crippen LogP contribution in [0, 0.1) is 11.3 Å². The van der Waals surface area contributed by atoms with Gasteiger partial charge in [0.1, 0.15) is 11.6 Å². The lowest BCUT2D eigenvalue weighted by Crippen LogP contribution is -2.58. The summed E-state index contributed by atoms with van der Waals surface area (Å²) in [4.78, 5) is 27.3. The third-order valence-electron chi connectivity index (χ3n) is 4.55. The summed E-state index contributed by atoms with van der Waals surface area (Å²) in [5.74, 6) is 0.00415. The number of anilines is 1. The van der Waals surface area contributed by atoms with Gasteiger partial charge in [-0.25, -0.2) is 0 Å². The highest BCUT2D eigenvalue weighted by molar-refractivity contribution is 7.12. The molecule has 1 saturated heterocycles. The molecule has 1 fully saturated rings. The van der Waals surface area contributed by atoms with Crippen LogP contribution >= 0.6 is 11.3 Å². The highest BCUT2D eigenvalue weighted by Gasteiger charge is 2.32. The van der Waals surface area contributed by atoms with Crippen molar-refractivity contribution in [3.05, 3.63) is 61.0 Å². The third kappa shape index (κ3) is 3.44. The minimum Gasteiger partial charge on any atom is -0.377 e. The molecule has 0 aromatic carbocycles. The van der Waals surface area contributed by atoms with Crippen LogP contribution in [0.2, 0.25) is 0 Å². The van der Waals surface area contributed by atoms with Gasteiger partial charge in [-0.3, -0.25) is 9.59 Å². The lowest BCUT2D eigenvalue weighted by molar-refractivity contribution is 0.0630. The molecule has 7 heteroatoms. The van der Waals surface area contributed by atoms with Gasteiger partial charge in [-0.15, -0.1) is 11.3 Å². The molecule has 0 aliphatic carbocycles. The number of rotatable bonds is 4. The van der Waals surface area contributed by atoms with Crippen molar-refractivity contribution >= 4 is 35.6 Å². The van der Waals surface area contributed by atoms with E-state index in [1.54, 1.807) is 24.1 Å². The molecule has 3 rings (SSSR count). The van der Waals surface area contributed by atoms with Gasteiger partial charge in [-0.1, -0.05) is 24.8 Å². The van der Waals surface area contributed by atoms with E-state index in [0.29, 0.717) is 34.2 Å². The SMILES string of the molecule is C=c1c(NC2CN(C(=O)c3cccs3)C2)c(C#N)c(=O)n(C)/c1=C/C=C\C. The van der Waals surface area contributed by atoms with E-state index in [0.717, 1.165) is 0 Å². The zero-order valence-corrected chi connectivity index (χ0v) is 16.0. The van der Waals surface area contributed by atoms with Crippen LogP contribution in [0.4, 0.5) is 5.69 Å². The lowest BCUT2D eigenvalue weighted by Gasteiger charge is -2.40. The predicted octanol–water partition coefficient (Wildman–Crippen LogP) is 1.02. The summed E-state index contributed by atoms with van der Waals surface area (Å²) in [5, 5.41) is 15.8. The number of aromatic nitrogens is 1. The summed E-state index contributed by atoms with van der Waals surface area (Å²) >= 11 is 1.42. The zero-order chi connectivity index (χ0) is 19.6. The van der Waals surface area contributed by atoms with Crippen molar-refractivity contribution in [2.45, 2.75) is 13.0 Å². The molecule has 1 aliphatic heterocycles. The van der Waals surface area contributed by atoms with Gasteiger partial charge in [-0.05, 0) is 24.4 Å². The van der Waals surface area contributed by atoms with E-state index < -0.39 is 0 Å². The minimum absolute atomic E-state index is 0.00415. The topological polar surface area (TPSA) is 78.1 Å². The van der Waals surface area contributed by atoms with Crippen molar-refractivity contribution in [1.29, 1.82) is 5.26 Å². The number of carbonyl (C=O) groups is 1. The van der Waals surface area contributed by atoms with Crippen LogP contribution in [-0.4, -0.2) is 34.5 Å². The number of hydrogen-bond acceptors (Lipinski definition) is 5. The fourth-order valence-corrected chi connectivity index (χ4v) is 3.71. The molecule has 0 bridgehead atoms. The summed E-state index contributed by atoms with van der Waals surface area (Å²) in [6, 6.07) is 5.62. The van der Waals surface area contributed by atoms with Gasteiger partial charge in [0, 0.05) is 25.4 Å². The van der Waals surface area contributed by atoms with Gasteiger partial charge in [0.05, 0.1) is 22.0 Å². The standard InChI is InChI=1S/C20H20N4O2S/c1-4-5-7-16-13(2)18(15(10-21)19(25)23(16)3)22-14-11-24(12-14)20(26)17-8-6-9-27-17/h4-9,14,22H,2,11-12H2,1,3H3/b5-4-,16-7+. The zero-order valence-electron chi connectivity index (χ0n) is 15.2. The van der Waals surface area contributed by atoms with Crippen molar-refractivity contribution < 1.29 is 4.79 Å². The van der Waals surface area contributed by atoms with Crippen molar-refractivity contribution in [1.82, 2.24) is 9.47 Å². The second-order valence-electron chi connectivity index (χ2n) is 6.31. The van der Waals surface area contributed by atoms with E-state index in [4.69, 9.17) is 0 Å². The number of thiophene rings is 1. The van der Waals surface area contributed by atoms with Crippen LogP contribution in [0.15, 0.2) is 34.5 Å². The lowest BCUT2D eigenvalue weighted by atomic mass is 10.1. The van der Waals surface area contributed by atoms with Gasteiger partial charge in [0.15, 0.2) is 0 Å². The molecular formula is C20H20N4O2S. The minimum atomic E-state index is -0.367. The number of allylic oxidation sites excluding steroid dienone is 2. The van der Waals surface area contributed by atoms with E-state index in [-0.39, 0.29) is 23.1 Å². The molecule has 0 atom stereocenters. The molecule has 138 valence electrons. The second kappa shape index (κ2) is 7.64. The first-order valence-electron chi connectivity index (χ1n) is 8.52. The number of pyridine rings is 1. The highest BCUT2D eigenvalue weighted by atomic mass is 32.1. The molecule has 3 heterocycles. The van der Waals surface area contributed by atoms with Gasteiger partial charge in [0.25, 0.3) is 11.5 Å². The normalized spacial score (nSPS) is 15.0. The fraction of sp³-hybridized carbons (Fsp3) is 0.250. The van der Waals surface area contributed by atoms with Crippen LogP contribution in [0.3, 0.4) is 0 Å². The van der Waals surface area contributed by atoms with Crippen LogP contribution in [0.5, 0.6) is 0 Å². The summed E-state index contributed by atoms with van der Waals surface area (Å²) in [6.07, 6.45) is 5.47. The fourth-order valence-electron chi connectivity index (χ4n) is 3.02. The van der Waals surface area contributed by atoms with E-state index >= 15 is 0 Å². The number of likely N-dealkylation sites (tertiary alicyclic amines) is 1. The molecule has 27 heavy (non-hydrogen) atoms. The Bertz CT molecular complexity index is 1100. The van der Waals surface area contributed by atoms with Crippen molar-refractivity contribution in [2.75, 3.05) is 18.4 Å². The molecule has 2 aromatic heterocycles. The van der Waals surface area contributed by atoms with Gasteiger partial charge in [0.2, 0.25) is 0 Å². The Morgan fingerprint density at radius 3 is 2.81 bits per heavy atom. The molecular weight excluding hydrogens is 360 g/mol. The first kappa shape index (κ1) is 18.7. The monoisotopic (exact) mass is 380 g/mol. The maximum Gasteiger partial charge on any atom is 0.270 e. The largest absolute Gasteiger partial charge is 0.377 e. The molecule has 0 unspecified atom stereocenters. The molecule has 0 spiro atoms. The molecule has 6 nitrogen and oxygen atoms in total. The average Bonchev–Trinajstić information content (AvgIpc) is 3.16. The Labute approximate surface area is 161 Å². The van der Waals surface area contributed by atoms with Gasteiger partial charge < -0.3 is 14.8 Å². The molecule has 2 aromatic rings. The average molecular weight is 380 g/mol. The van der Waals surface area contributed by atoms with Crippen LogP contribution in [0.25, 0.3) is 12.7 Å². The first-order chi connectivity index (χ1) is 13.0. The number of carbonyl (C=O) groups excluding carboxylic acids is 1. The number of nitriles is 1. The maximum absolute atomic E-state index is 12.5. The number of hydrogen-bond donors (Lipinski definition) is 1. The Kier molecular flexibility index (Phi) is 5.28. The number of nitrogens with zero attached hydrogens (tertiary/aromatic N) is 3. The van der Waals surface area contributed by atoms with Gasteiger partial charge >= 0.3 is 0 Å². The van der Waals surface area contributed by atoms with Crippen LogP contribution in [0.1, 0.15) is 22.2 Å². The highest BCUT2D eigenvalue weighted by Crippen LogP contribution is 2.19. The number of nitrogens with one attached hydrogen (secondary N) is 1. The van der Waals surface area contributed by atoms with E-state index in [1.807, 2.05) is 36.6 Å². The summed E-state index contributed by atoms with van der Waals surface area (Å²) < 4.78 is 1.43. The Morgan fingerprint density at radius 1 is 1.48 bits per heavy atom. The number of amides is 1. The molecule has 0 saturated carbocycles. The molecule has 1 aliphatic rings. The van der Waals surface area contributed by atoms with E-state index in [2.05, 4.69) is 11.9 Å². The predicted molar refractivity (Wildman–Crippen MR) is 108 cm³/mol. The summed E-state index contributed by atoms with van der Waals surface area (Å²) in [5.41, 5.74) is 0.127. The van der Waals surface area contributed by atoms with E-state index in [1.165, 1.54) is 15.9 Å². The third-order valence-corrected chi connectivity index (χ3v) is 5.41. The van der Waals surface area contributed by atoms with Crippen molar-refractivity contribution in [3.63, 3.8) is 0 Å².